The molecule has 1 aliphatic heterocycles. The Labute approximate surface area is 199 Å². The number of carbonyl (C=O) groups excluding carboxylic acids is 2. The van der Waals surface area contributed by atoms with Gasteiger partial charge in [-0.3, -0.25) is 9.59 Å². The zero-order chi connectivity index (χ0) is 25.0. The Hall–Kier alpha value is -2.96. The van der Waals surface area contributed by atoms with Crippen molar-refractivity contribution in [1.82, 2.24) is 14.4 Å². The van der Waals surface area contributed by atoms with Gasteiger partial charge in [0, 0.05) is 45.1 Å². The maximum atomic E-state index is 13.2. The van der Waals surface area contributed by atoms with Gasteiger partial charge in [0.1, 0.15) is 12.4 Å². The molecule has 3 atom stereocenters. The van der Waals surface area contributed by atoms with Crippen LogP contribution in [-0.4, -0.2) is 86.8 Å². The third kappa shape index (κ3) is 5.93. The molecule has 3 rings (SSSR count). The van der Waals surface area contributed by atoms with Gasteiger partial charge in [0.25, 0.3) is 11.8 Å². The molecule has 1 aliphatic rings. The van der Waals surface area contributed by atoms with E-state index in [0.29, 0.717) is 5.69 Å². The van der Waals surface area contributed by atoms with Crippen molar-refractivity contribution in [3.05, 3.63) is 41.8 Å². The van der Waals surface area contributed by atoms with Crippen molar-refractivity contribution in [2.75, 3.05) is 45.4 Å². The first kappa shape index (κ1) is 25.7. The topological polar surface area (TPSA) is 131 Å². The number of nitrogens with one attached hydrogen (secondary N) is 1. The molecule has 0 unspecified atom stereocenters. The van der Waals surface area contributed by atoms with E-state index >= 15 is 0 Å². The van der Waals surface area contributed by atoms with Crippen LogP contribution in [-0.2, 0) is 14.8 Å². The number of fused-ring (bicyclic) bond motifs is 1. The maximum Gasteiger partial charge on any atom is 0.294 e. The van der Waals surface area contributed by atoms with E-state index in [9.17, 15) is 18.0 Å². The fourth-order valence-electron chi connectivity index (χ4n) is 3.80. The van der Waals surface area contributed by atoms with Gasteiger partial charge in [-0.2, -0.15) is 4.31 Å². The minimum atomic E-state index is -3.54. The molecule has 0 aliphatic carbocycles. The Morgan fingerprint density at radius 1 is 1.24 bits per heavy atom. The summed E-state index contributed by atoms with van der Waals surface area (Å²) < 4.78 is 42.8. The molecule has 2 amide bonds. The molecule has 1 N–H and O–H groups in total. The van der Waals surface area contributed by atoms with E-state index in [-0.39, 0.29) is 54.7 Å². The van der Waals surface area contributed by atoms with Crippen LogP contribution >= 0.6 is 0 Å². The number of anilines is 1. The molecule has 0 fully saturated rings. The SMILES string of the molecule is CO[C@@H]1CN(C)C(=O)c2ccc(NC(=O)c3ccno3)cc2OC[C@H](C)N(S(C)(=O)=O)C[C@H]1C. The Morgan fingerprint density at radius 3 is 2.59 bits per heavy atom. The number of aromatic nitrogens is 1. The molecule has 0 spiro atoms. The van der Waals surface area contributed by atoms with Crippen molar-refractivity contribution < 1.29 is 32.0 Å². The van der Waals surface area contributed by atoms with Gasteiger partial charge in [-0.25, -0.2) is 8.42 Å². The number of benzene rings is 1. The quantitative estimate of drug-likeness (QED) is 0.679. The second-order valence-electron chi connectivity index (χ2n) is 8.47. The summed E-state index contributed by atoms with van der Waals surface area (Å²) in [4.78, 5) is 27.1. The highest BCUT2D eigenvalue weighted by Crippen LogP contribution is 2.27. The summed E-state index contributed by atoms with van der Waals surface area (Å²) in [7, 11) is -0.347. The van der Waals surface area contributed by atoms with Gasteiger partial charge in [-0.15, -0.1) is 0 Å². The highest BCUT2D eigenvalue weighted by molar-refractivity contribution is 7.88. The van der Waals surface area contributed by atoms with E-state index in [0.717, 1.165) is 6.26 Å². The largest absolute Gasteiger partial charge is 0.491 e. The third-order valence-electron chi connectivity index (χ3n) is 5.74. The summed E-state index contributed by atoms with van der Waals surface area (Å²) in [5.41, 5.74) is 0.653. The smallest absolute Gasteiger partial charge is 0.294 e. The molecule has 11 nitrogen and oxygen atoms in total. The lowest BCUT2D eigenvalue weighted by Gasteiger charge is -2.34. The lowest BCUT2D eigenvalue weighted by atomic mass is 10.0. The van der Waals surface area contributed by atoms with E-state index in [1.165, 1.54) is 27.5 Å². The number of hydrogen-bond acceptors (Lipinski definition) is 8. The molecule has 0 radical (unpaired) electrons. The second-order valence-corrected chi connectivity index (χ2v) is 10.4. The van der Waals surface area contributed by atoms with Gasteiger partial charge in [0.15, 0.2) is 0 Å². The zero-order valence-electron chi connectivity index (χ0n) is 19.8. The Kier molecular flexibility index (Phi) is 7.95. The average molecular weight is 495 g/mol. The number of nitrogens with zero attached hydrogens (tertiary/aromatic N) is 3. The highest BCUT2D eigenvalue weighted by Gasteiger charge is 2.32. The molecule has 2 heterocycles. The molecule has 1 aromatic carbocycles. The van der Waals surface area contributed by atoms with Gasteiger partial charge in [0.2, 0.25) is 15.8 Å². The number of sulfonamides is 1. The minimum Gasteiger partial charge on any atom is -0.491 e. The van der Waals surface area contributed by atoms with Crippen LogP contribution in [0.3, 0.4) is 0 Å². The van der Waals surface area contributed by atoms with Crippen molar-refractivity contribution >= 4 is 27.5 Å². The van der Waals surface area contributed by atoms with Crippen LogP contribution in [0.1, 0.15) is 34.8 Å². The van der Waals surface area contributed by atoms with E-state index in [1.807, 2.05) is 6.92 Å². The van der Waals surface area contributed by atoms with Gasteiger partial charge in [-0.1, -0.05) is 12.1 Å². The van der Waals surface area contributed by atoms with E-state index in [1.54, 1.807) is 33.2 Å². The molecule has 0 saturated carbocycles. The van der Waals surface area contributed by atoms with Crippen LogP contribution in [0, 0.1) is 5.92 Å². The summed E-state index contributed by atoms with van der Waals surface area (Å²) in [5, 5.41) is 6.18. The van der Waals surface area contributed by atoms with Crippen LogP contribution in [0.25, 0.3) is 0 Å². The van der Waals surface area contributed by atoms with Crippen molar-refractivity contribution in [2.24, 2.45) is 5.92 Å². The van der Waals surface area contributed by atoms with Crippen molar-refractivity contribution in [2.45, 2.75) is 26.0 Å². The summed E-state index contributed by atoms with van der Waals surface area (Å²) in [6.07, 6.45) is 2.13. The molecule has 12 heteroatoms. The van der Waals surface area contributed by atoms with Crippen LogP contribution < -0.4 is 10.1 Å². The monoisotopic (exact) mass is 494 g/mol. The number of rotatable bonds is 4. The Bertz CT molecular complexity index is 1120. The fourth-order valence-corrected chi connectivity index (χ4v) is 5.02. The third-order valence-corrected chi connectivity index (χ3v) is 7.10. The second kappa shape index (κ2) is 10.5. The minimum absolute atomic E-state index is 0.000929. The maximum absolute atomic E-state index is 13.2. The first-order chi connectivity index (χ1) is 16.0. The van der Waals surface area contributed by atoms with E-state index in [2.05, 4.69) is 10.5 Å². The molecular weight excluding hydrogens is 464 g/mol. The molecule has 0 bridgehead atoms. The Morgan fingerprint density at radius 2 is 1.97 bits per heavy atom. The molecule has 186 valence electrons. The summed E-state index contributed by atoms with van der Waals surface area (Å²) in [6.45, 7) is 4.10. The zero-order valence-corrected chi connectivity index (χ0v) is 20.7. The first-order valence-electron chi connectivity index (χ1n) is 10.7. The molecule has 2 aromatic rings. The molecular formula is C22H30N4O7S. The molecule has 1 aromatic heterocycles. The lowest BCUT2D eigenvalue weighted by Crippen LogP contribution is -2.48. The standard InChI is InChI=1S/C22H30N4O7S/c1-14-11-26(34(5,29)30)15(2)13-32-19-10-16(24-21(27)18-8-9-23-33-18)6-7-17(19)22(28)25(3)12-20(14)31-4/h6-10,14-15,20H,11-13H2,1-5H3,(H,24,27)/t14-,15+,20-/m1/s1. The van der Waals surface area contributed by atoms with Crippen LogP contribution in [0.4, 0.5) is 5.69 Å². The lowest BCUT2D eigenvalue weighted by molar-refractivity contribution is 0.0213. The van der Waals surface area contributed by atoms with Gasteiger partial charge < -0.3 is 24.2 Å². The van der Waals surface area contributed by atoms with Crippen molar-refractivity contribution in [1.29, 1.82) is 0 Å². The number of ether oxygens (including phenoxy) is 2. The van der Waals surface area contributed by atoms with E-state index < -0.39 is 22.0 Å². The molecule has 0 saturated heterocycles. The number of methoxy groups -OCH3 is 1. The van der Waals surface area contributed by atoms with Gasteiger partial charge in [0.05, 0.1) is 30.2 Å². The molecule has 34 heavy (non-hydrogen) atoms. The number of carbonyl (C=O) groups is 2. The summed E-state index contributed by atoms with van der Waals surface area (Å²) in [5.74, 6) is -0.727. The number of amides is 2. The predicted octanol–water partition coefficient (Wildman–Crippen LogP) is 1.69. The predicted molar refractivity (Wildman–Crippen MR) is 124 cm³/mol. The summed E-state index contributed by atoms with van der Waals surface area (Å²) in [6, 6.07) is 5.57. The van der Waals surface area contributed by atoms with Crippen LogP contribution in [0.2, 0.25) is 0 Å². The van der Waals surface area contributed by atoms with Crippen molar-refractivity contribution in [3.8, 4) is 5.75 Å². The first-order valence-corrected chi connectivity index (χ1v) is 12.6. The Balaban J connectivity index is 1.97. The normalized spacial score (nSPS) is 22.8. The summed E-state index contributed by atoms with van der Waals surface area (Å²) >= 11 is 0. The number of hydrogen-bond donors (Lipinski definition) is 1. The van der Waals surface area contributed by atoms with Crippen molar-refractivity contribution in [3.63, 3.8) is 0 Å². The van der Waals surface area contributed by atoms with Gasteiger partial charge in [-0.05, 0) is 25.0 Å². The van der Waals surface area contributed by atoms with Crippen LogP contribution in [0.5, 0.6) is 5.75 Å². The fraction of sp³-hybridized carbons (Fsp3) is 0.500. The van der Waals surface area contributed by atoms with Crippen LogP contribution in [0.15, 0.2) is 35.0 Å². The number of likely N-dealkylation sites (N-methyl/N-ethyl adjacent to an activating group) is 1. The van der Waals surface area contributed by atoms with E-state index in [4.69, 9.17) is 14.0 Å². The van der Waals surface area contributed by atoms with Gasteiger partial charge >= 0.3 is 0 Å². The highest BCUT2D eigenvalue weighted by atomic mass is 32.2. The average Bonchev–Trinajstić information content (AvgIpc) is 3.32.